The van der Waals surface area contributed by atoms with Gasteiger partial charge in [-0.25, -0.2) is 4.98 Å². The number of nitrogens with zero attached hydrogens (tertiary/aromatic N) is 9. The predicted octanol–water partition coefficient (Wildman–Crippen LogP) is 0.490. The highest BCUT2D eigenvalue weighted by atomic mass is 15.5. The van der Waals surface area contributed by atoms with Crippen molar-refractivity contribution < 1.29 is 0 Å². The summed E-state index contributed by atoms with van der Waals surface area (Å²) in [5.41, 5.74) is 0.855. The minimum Gasteiger partial charge on any atom is -0.352 e. The highest BCUT2D eigenvalue weighted by Gasteiger charge is 2.19. The van der Waals surface area contributed by atoms with Crippen molar-refractivity contribution in [1.82, 2.24) is 39.5 Å². The van der Waals surface area contributed by atoms with Gasteiger partial charge in [0, 0.05) is 45.0 Å². The van der Waals surface area contributed by atoms with Gasteiger partial charge in [-0.05, 0) is 13.0 Å². The van der Waals surface area contributed by atoms with Crippen LogP contribution in [0.3, 0.4) is 0 Å². The van der Waals surface area contributed by atoms with Crippen molar-refractivity contribution in [3.05, 3.63) is 30.6 Å². The molecule has 1 aliphatic rings. The Bertz CT molecular complexity index is 810. The average molecular weight is 341 g/mol. The van der Waals surface area contributed by atoms with Gasteiger partial charge in [-0.1, -0.05) is 6.92 Å². The molecule has 4 rings (SSSR count). The summed E-state index contributed by atoms with van der Waals surface area (Å²) < 4.78 is 2.05. The number of aromatic nitrogens is 7. The number of anilines is 1. The molecule has 1 saturated heterocycles. The molecule has 0 bridgehead atoms. The van der Waals surface area contributed by atoms with E-state index in [0.717, 1.165) is 69.4 Å². The summed E-state index contributed by atoms with van der Waals surface area (Å²) in [6.45, 7) is 7.88. The van der Waals surface area contributed by atoms with Gasteiger partial charge in [0.1, 0.15) is 5.82 Å². The van der Waals surface area contributed by atoms with Crippen molar-refractivity contribution in [2.24, 2.45) is 0 Å². The molecule has 132 valence electrons. The lowest BCUT2D eigenvalue weighted by Crippen LogP contribution is -2.33. The Morgan fingerprint density at radius 1 is 0.960 bits per heavy atom. The zero-order chi connectivity index (χ0) is 17.1. The van der Waals surface area contributed by atoms with Crippen LogP contribution in [0.25, 0.3) is 5.65 Å². The molecule has 0 saturated carbocycles. The Balaban J connectivity index is 1.45. The maximum Gasteiger partial charge on any atom is 0.203 e. The van der Waals surface area contributed by atoms with Gasteiger partial charge in [0.25, 0.3) is 0 Å². The topological polar surface area (TPSA) is 80.3 Å². The van der Waals surface area contributed by atoms with E-state index in [2.05, 4.69) is 42.1 Å². The fraction of sp³-hybridized carbons (Fsp3) is 0.562. The van der Waals surface area contributed by atoms with Crippen molar-refractivity contribution in [3.63, 3.8) is 0 Å². The molecule has 1 aliphatic heterocycles. The lowest BCUT2D eigenvalue weighted by Gasteiger charge is -2.22. The molecule has 25 heavy (non-hydrogen) atoms. The molecule has 3 aromatic heterocycles. The van der Waals surface area contributed by atoms with Crippen molar-refractivity contribution >= 4 is 11.5 Å². The molecular weight excluding hydrogens is 318 g/mol. The van der Waals surface area contributed by atoms with Crippen LogP contribution in [0.4, 0.5) is 5.82 Å². The zero-order valence-electron chi connectivity index (χ0n) is 14.5. The SMILES string of the molecule is CCc1nnc2c(N3CCCN(CCn4nccn4)CC3)nccn12. The van der Waals surface area contributed by atoms with Crippen LogP contribution < -0.4 is 4.90 Å². The van der Waals surface area contributed by atoms with Gasteiger partial charge in [-0.2, -0.15) is 15.0 Å². The first-order valence-electron chi connectivity index (χ1n) is 8.85. The maximum atomic E-state index is 4.59. The van der Waals surface area contributed by atoms with Crippen LogP contribution in [0.15, 0.2) is 24.8 Å². The van der Waals surface area contributed by atoms with Crippen LogP contribution >= 0.6 is 0 Å². The van der Waals surface area contributed by atoms with Gasteiger partial charge in [0.15, 0.2) is 5.82 Å². The molecule has 4 heterocycles. The third-order valence-electron chi connectivity index (χ3n) is 4.67. The average Bonchev–Trinajstić information content (AvgIpc) is 3.25. The van der Waals surface area contributed by atoms with E-state index in [1.54, 1.807) is 17.2 Å². The normalized spacial score (nSPS) is 16.4. The van der Waals surface area contributed by atoms with Gasteiger partial charge < -0.3 is 4.90 Å². The van der Waals surface area contributed by atoms with Crippen molar-refractivity contribution in [3.8, 4) is 0 Å². The van der Waals surface area contributed by atoms with Crippen LogP contribution in [-0.4, -0.2) is 72.2 Å². The van der Waals surface area contributed by atoms with E-state index in [4.69, 9.17) is 0 Å². The van der Waals surface area contributed by atoms with Gasteiger partial charge in [-0.3, -0.25) is 9.30 Å². The molecule has 3 aromatic rings. The van der Waals surface area contributed by atoms with E-state index in [1.807, 2.05) is 16.8 Å². The first kappa shape index (κ1) is 15.9. The molecule has 0 N–H and O–H groups in total. The second-order valence-corrected chi connectivity index (χ2v) is 6.22. The van der Waals surface area contributed by atoms with Crippen LogP contribution in [-0.2, 0) is 13.0 Å². The molecule has 0 aromatic carbocycles. The smallest absolute Gasteiger partial charge is 0.203 e. The highest BCUT2D eigenvalue weighted by Crippen LogP contribution is 2.19. The molecule has 0 aliphatic carbocycles. The van der Waals surface area contributed by atoms with Crippen LogP contribution in [0, 0.1) is 0 Å². The monoisotopic (exact) mass is 341 g/mol. The standard InChI is InChI=1S/C16H23N9/c1-2-14-20-21-16-15(17-6-9-24(14)16)23-8-3-7-22(10-12-23)11-13-25-18-4-5-19-25/h4-6,9H,2-3,7-8,10-13H2,1H3. The van der Waals surface area contributed by atoms with E-state index >= 15 is 0 Å². The van der Waals surface area contributed by atoms with Crippen molar-refractivity contribution in [2.45, 2.75) is 26.3 Å². The highest BCUT2D eigenvalue weighted by molar-refractivity contribution is 5.63. The third kappa shape index (κ3) is 3.32. The first-order chi connectivity index (χ1) is 12.3. The minimum atomic E-state index is 0.824. The molecule has 9 nitrogen and oxygen atoms in total. The Morgan fingerprint density at radius 3 is 2.68 bits per heavy atom. The van der Waals surface area contributed by atoms with Gasteiger partial charge in [-0.15, -0.1) is 10.2 Å². The Morgan fingerprint density at radius 2 is 1.84 bits per heavy atom. The molecule has 0 radical (unpaired) electrons. The molecule has 9 heteroatoms. The minimum absolute atomic E-state index is 0.824. The van der Waals surface area contributed by atoms with Gasteiger partial charge in [0.2, 0.25) is 5.65 Å². The Kier molecular flexibility index (Phi) is 4.55. The molecule has 0 amide bonds. The van der Waals surface area contributed by atoms with Gasteiger partial charge >= 0.3 is 0 Å². The second-order valence-electron chi connectivity index (χ2n) is 6.22. The molecule has 0 atom stereocenters. The molecule has 1 fully saturated rings. The number of rotatable bonds is 5. The first-order valence-corrected chi connectivity index (χ1v) is 8.85. The summed E-state index contributed by atoms with van der Waals surface area (Å²) in [4.78, 5) is 11.1. The van der Waals surface area contributed by atoms with Gasteiger partial charge in [0.05, 0.1) is 18.9 Å². The van der Waals surface area contributed by atoms with E-state index in [9.17, 15) is 0 Å². The number of hydrogen-bond donors (Lipinski definition) is 0. The maximum absolute atomic E-state index is 4.59. The molecular formula is C16H23N9. The van der Waals surface area contributed by atoms with E-state index in [-0.39, 0.29) is 0 Å². The third-order valence-corrected chi connectivity index (χ3v) is 4.67. The van der Waals surface area contributed by atoms with E-state index in [1.165, 1.54) is 0 Å². The Labute approximate surface area is 146 Å². The predicted molar refractivity (Wildman–Crippen MR) is 93.5 cm³/mol. The summed E-state index contributed by atoms with van der Waals surface area (Å²) in [7, 11) is 0. The van der Waals surface area contributed by atoms with Crippen LogP contribution in [0.2, 0.25) is 0 Å². The number of fused-ring (bicyclic) bond motifs is 1. The lowest BCUT2D eigenvalue weighted by molar-refractivity contribution is 0.269. The summed E-state index contributed by atoms with van der Waals surface area (Å²) >= 11 is 0. The fourth-order valence-corrected chi connectivity index (χ4v) is 3.32. The largest absolute Gasteiger partial charge is 0.352 e. The number of hydrogen-bond acceptors (Lipinski definition) is 7. The van der Waals surface area contributed by atoms with Crippen molar-refractivity contribution in [1.29, 1.82) is 0 Å². The van der Waals surface area contributed by atoms with E-state index < -0.39 is 0 Å². The quantitative estimate of drug-likeness (QED) is 0.668. The fourth-order valence-electron chi connectivity index (χ4n) is 3.32. The molecule has 0 unspecified atom stereocenters. The lowest BCUT2D eigenvalue weighted by atomic mass is 10.3. The summed E-state index contributed by atoms with van der Waals surface area (Å²) in [5, 5.41) is 17.0. The summed E-state index contributed by atoms with van der Waals surface area (Å²) in [5.74, 6) is 1.91. The zero-order valence-corrected chi connectivity index (χ0v) is 14.5. The van der Waals surface area contributed by atoms with Crippen molar-refractivity contribution in [2.75, 3.05) is 37.6 Å². The van der Waals surface area contributed by atoms with Crippen LogP contribution in [0.5, 0.6) is 0 Å². The number of aryl methyl sites for hydroxylation is 1. The Hall–Kier alpha value is -2.55. The van der Waals surface area contributed by atoms with Crippen LogP contribution in [0.1, 0.15) is 19.2 Å². The molecule has 0 spiro atoms. The second kappa shape index (κ2) is 7.14. The summed E-state index contributed by atoms with van der Waals surface area (Å²) in [6.07, 6.45) is 9.19. The summed E-state index contributed by atoms with van der Waals surface area (Å²) in [6, 6.07) is 0. The van der Waals surface area contributed by atoms with E-state index in [0.29, 0.717) is 0 Å².